The zero-order valence-corrected chi connectivity index (χ0v) is 19.7. The van der Waals surface area contributed by atoms with Gasteiger partial charge in [0.2, 0.25) is 0 Å². The summed E-state index contributed by atoms with van der Waals surface area (Å²) in [5.41, 5.74) is 4.67. The van der Waals surface area contributed by atoms with Gasteiger partial charge in [-0.3, -0.25) is 4.57 Å². The molecule has 32 heavy (non-hydrogen) atoms. The lowest BCUT2D eigenvalue weighted by Crippen LogP contribution is -2.02. The van der Waals surface area contributed by atoms with E-state index in [-0.39, 0.29) is 5.63 Å². The maximum Gasteiger partial charge on any atom is 0.345 e. The first-order valence-corrected chi connectivity index (χ1v) is 11.9. The highest BCUT2D eigenvalue weighted by molar-refractivity contribution is 9.10. The third-order valence-electron chi connectivity index (χ3n) is 5.18. The van der Waals surface area contributed by atoms with Crippen molar-refractivity contribution in [1.82, 2.24) is 9.55 Å². The van der Waals surface area contributed by atoms with Crippen LogP contribution in [0.25, 0.3) is 27.9 Å². The smallest absolute Gasteiger partial charge is 0.345 e. The number of aryl methyl sites for hydroxylation is 1. The van der Waals surface area contributed by atoms with Crippen LogP contribution in [0.1, 0.15) is 11.1 Å². The van der Waals surface area contributed by atoms with Gasteiger partial charge in [0.05, 0.1) is 11.3 Å². The van der Waals surface area contributed by atoms with Crippen molar-refractivity contribution in [3.8, 4) is 16.9 Å². The molecule has 158 valence electrons. The highest BCUT2D eigenvalue weighted by atomic mass is 79.9. The number of thioether (sulfide) groups is 1. The van der Waals surface area contributed by atoms with Crippen LogP contribution in [0, 0.1) is 6.92 Å². The number of imidazole rings is 1. The number of aromatic nitrogens is 2. The Balaban J connectivity index is 1.57. The van der Waals surface area contributed by atoms with Crippen molar-refractivity contribution in [2.75, 3.05) is 0 Å². The second-order valence-corrected chi connectivity index (χ2v) is 9.37. The lowest BCUT2D eigenvalue weighted by Gasteiger charge is -2.07. The van der Waals surface area contributed by atoms with E-state index >= 15 is 0 Å². The average Bonchev–Trinajstić information content (AvgIpc) is 3.22. The Morgan fingerprint density at radius 2 is 1.75 bits per heavy atom. The first-order valence-electron chi connectivity index (χ1n) is 10.1. The zero-order valence-electron chi connectivity index (χ0n) is 17.3. The van der Waals surface area contributed by atoms with E-state index in [9.17, 15) is 4.79 Å². The van der Waals surface area contributed by atoms with Crippen molar-refractivity contribution >= 4 is 38.7 Å². The maximum absolute atomic E-state index is 12.7. The van der Waals surface area contributed by atoms with Crippen molar-refractivity contribution in [2.24, 2.45) is 0 Å². The van der Waals surface area contributed by atoms with Gasteiger partial charge in [0.15, 0.2) is 5.16 Å². The third kappa shape index (κ3) is 4.29. The van der Waals surface area contributed by atoms with Crippen LogP contribution < -0.4 is 5.63 Å². The average molecular weight is 503 g/mol. The van der Waals surface area contributed by atoms with Gasteiger partial charge in [-0.25, -0.2) is 9.78 Å². The summed E-state index contributed by atoms with van der Waals surface area (Å²) < 4.78 is 8.57. The molecule has 5 rings (SSSR count). The molecule has 0 aliphatic carbocycles. The number of hydrogen-bond donors (Lipinski definition) is 0. The minimum atomic E-state index is -0.390. The summed E-state index contributed by atoms with van der Waals surface area (Å²) in [7, 11) is 0. The fourth-order valence-corrected chi connectivity index (χ4v) is 4.67. The predicted octanol–water partition coefficient (Wildman–Crippen LogP) is 7.01. The van der Waals surface area contributed by atoms with Crippen LogP contribution in [0.4, 0.5) is 0 Å². The molecule has 0 radical (unpaired) electrons. The summed E-state index contributed by atoms with van der Waals surface area (Å²) in [5.74, 6) is 0.777. The summed E-state index contributed by atoms with van der Waals surface area (Å²) in [4.78, 5) is 17.6. The molecule has 0 N–H and O–H groups in total. The molecule has 0 aliphatic heterocycles. The topological polar surface area (TPSA) is 48.0 Å². The molecule has 0 saturated heterocycles. The van der Waals surface area contributed by atoms with E-state index < -0.39 is 0 Å². The van der Waals surface area contributed by atoms with Crippen LogP contribution in [-0.4, -0.2) is 9.55 Å². The van der Waals surface area contributed by atoms with E-state index in [2.05, 4.69) is 47.1 Å². The lowest BCUT2D eigenvalue weighted by atomic mass is 10.1. The Morgan fingerprint density at radius 1 is 1.00 bits per heavy atom. The SMILES string of the molecule is Cc1ccc(CSc2nc(-c3cc4ccccc4oc3=O)cn2-c2ccc(Br)cc2)cc1. The van der Waals surface area contributed by atoms with Crippen molar-refractivity contribution in [2.45, 2.75) is 17.8 Å². The highest BCUT2D eigenvalue weighted by Gasteiger charge is 2.16. The Hall–Kier alpha value is -3.09. The van der Waals surface area contributed by atoms with Crippen molar-refractivity contribution in [3.05, 3.63) is 111 Å². The number of para-hydroxylation sites is 1. The standard InChI is InChI=1S/C26H19BrN2O2S/c1-17-6-8-18(9-7-17)16-32-26-28-23(15-29(26)21-12-10-20(27)11-13-21)22-14-19-4-2-3-5-24(19)31-25(22)30/h2-15H,16H2,1H3. The van der Waals surface area contributed by atoms with Crippen molar-refractivity contribution < 1.29 is 4.42 Å². The molecule has 2 aromatic heterocycles. The van der Waals surface area contributed by atoms with Gasteiger partial charge < -0.3 is 4.42 Å². The molecule has 0 atom stereocenters. The van der Waals surface area contributed by atoms with Crippen LogP contribution in [0.3, 0.4) is 0 Å². The van der Waals surface area contributed by atoms with Gasteiger partial charge in [-0.15, -0.1) is 0 Å². The Bertz CT molecular complexity index is 1450. The molecule has 5 aromatic rings. The zero-order chi connectivity index (χ0) is 22.1. The predicted molar refractivity (Wildman–Crippen MR) is 133 cm³/mol. The largest absolute Gasteiger partial charge is 0.422 e. The van der Waals surface area contributed by atoms with Gasteiger partial charge in [-0.2, -0.15) is 0 Å². The molecular formula is C26H19BrN2O2S. The molecule has 4 nitrogen and oxygen atoms in total. The van der Waals surface area contributed by atoms with Gasteiger partial charge in [-0.05, 0) is 48.9 Å². The van der Waals surface area contributed by atoms with Crippen LogP contribution in [0.2, 0.25) is 0 Å². The summed E-state index contributed by atoms with van der Waals surface area (Å²) in [6.45, 7) is 2.08. The molecule has 2 heterocycles. The van der Waals surface area contributed by atoms with Gasteiger partial charge in [0.1, 0.15) is 5.58 Å². The van der Waals surface area contributed by atoms with Crippen molar-refractivity contribution in [3.63, 3.8) is 0 Å². The fourth-order valence-electron chi connectivity index (χ4n) is 3.45. The normalized spacial score (nSPS) is 11.2. The van der Waals surface area contributed by atoms with Crippen LogP contribution >= 0.6 is 27.7 Å². The van der Waals surface area contributed by atoms with Gasteiger partial charge in [-0.1, -0.05) is 75.7 Å². The molecule has 3 aromatic carbocycles. The first kappa shape index (κ1) is 20.8. The highest BCUT2D eigenvalue weighted by Crippen LogP contribution is 2.30. The van der Waals surface area contributed by atoms with Crippen LogP contribution in [0.15, 0.2) is 104 Å². The Labute approximate surface area is 198 Å². The number of hydrogen-bond acceptors (Lipinski definition) is 4. The maximum atomic E-state index is 12.7. The van der Waals surface area contributed by atoms with E-state index in [1.807, 2.05) is 59.3 Å². The Morgan fingerprint density at radius 3 is 2.53 bits per heavy atom. The fraction of sp³-hybridized carbons (Fsp3) is 0.0769. The molecular weight excluding hydrogens is 484 g/mol. The molecule has 0 fully saturated rings. The van der Waals surface area contributed by atoms with Gasteiger partial charge in [0, 0.05) is 27.5 Å². The van der Waals surface area contributed by atoms with E-state index in [1.165, 1.54) is 11.1 Å². The summed E-state index contributed by atoms with van der Waals surface area (Å²) in [5, 5.41) is 1.68. The van der Waals surface area contributed by atoms with E-state index in [0.29, 0.717) is 16.8 Å². The summed E-state index contributed by atoms with van der Waals surface area (Å²) in [6.07, 6.45) is 1.90. The second-order valence-electron chi connectivity index (χ2n) is 7.51. The number of benzene rings is 3. The van der Waals surface area contributed by atoms with Gasteiger partial charge >= 0.3 is 5.63 Å². The number of halogens is 1. The van der Waals surface area contributed by atoms with Crippen LogP contribution in [0.5, 0.6) is 0 Å². The summed E-state index contributed by atoms with van der Waals surface area (Å²) in [6, 6.07) is 25.9. The molecule has 0 bridgehead atoms. The molecule has 0 amide bonds. The van der Waals surface area contributed by atoms with E-state index in [1.54, 1.807) is 17.8 Å². The quantitative estimate of drug-likeness (QED) is 0.191. The summed E-state index contributed by atoms with van der Waals surface area (Å²) >= 11 is 5.13. The van der Waals surface area contributed by atoms with E-state index in [0.717, 1.165) is 26.5 Å². The monoisotopic (exact) mass is 502 g/mol. The number of fused-ring (bicyclic) bond motifs is 1. The number of nitrogens with zero attached hydrogens (tertiary/aromatic N) is 2. The Kier molecular flexibility index (Phi) is 5.72. The molecule has 0 spiro atoms. The third-order valence-corrected chi connectivity index (χ3v) is 6.74. The minimum Gasteiger partial charge on any atom is -0.422 e. The molecule has 0 unspecified atom stereocenters. The second kappa shape index (κ2) is 8.81. The van der Waals surface area contributed by atoms with Crippen molar-refractivity contribution in [1.29, 1.82) is 0 Å². The minimum absolute atomic E-state index is 0.390. The molecule has 0 aliphatic rings. The van der Waals surface area contributed by atoms with Crippen LogP contribution in [-0.2, 0) is 5.75 Å². The number of rotatable bonds is 5. The molecule has 0 saturated carbocycles. The van der Waals surface area contributed by atoms with Gasteiger partial charge in [0.25, 0.3) is 0 Å². The van der Waals surface area contributed by atoms with E-state index in [4.69, 9.17) is 9.40 Å². The lowest BCUT2D eigenvalue weighted by molar-refractivity contribution is 0.563. The first-order chi connectivity index (χ1) is 15.6. The molecule has 6 heteroatoms.